The average Bonchev–Trinajstić information content (AvgIpc) is 2.56. The molecule has 0 bridgehead atoms. The number of primary amides is 1. The van der Waals surface area contributed by atoms with Gasteiger partial charge in [-0.15, -0.1) is 0 Å². The minimum absolute atomic E-state index is 0.465. The van der Waals surface area contributed by atoms with Crippen LogP contribution in [0.15, 0.2) is 24.3 Å². The fraction of sp³-hybridized carbons (Fsp3) is 0.182. The SMILES string of the molecule is Cc1ccccc1N1C(=O)SC(C(N)=O)C1=O. The summed E-state index contributed by atoms with van der Waals surface area (Å²) < 4.78 is 0. The number of rotatable bonds is 2. The molecule has 1 fully saturated rings. The van der Waals surface area contributed by atoms with Crippen LogP contribution in [0.4, 0.5) is 10.5 Å². The fourth-order valence-electron chi connectivity index (χ4n) is 1.62. The number of imide groups is 1. The highest BCUT2D eigenvalue weighted by molar-refractivity contribution is 8.16. The maximum absolute atomic E-state index is 11.9. The second-order valence-electron chi connectivity index (χ2n) is 3.63. The molecule has 3 amide bonds. The lowest BCUT2D eigenvalue weighted by atomic mass is 10.2. The summed E-state index contributed by atoms with van der Waals surface area (Å²) in [5.41, 5.74) is 6.36. The molecule has 17 heavy (non-hydrogen) atoms. The summed E-state index contributed by atoms with van der Waals surface area (Å²) in [4.78, 5) is 35.6. The smallest absolute Gasteiger partial charge is 0.294 e. The van der Waals surface area contributed by atoms with Crippen LogP contribution in [-0.4, -0.2) is 22.3 Å². The number of hydrogen-bond acceptors (Lipinski definition) is 4. The molecule has 6 heteroatoms. The van der Waals surface area contributed by atoms with Crippen molar-refractivity contribution < 1.29 is 14.4 Å². The monoisotopic (exact) mass is 250 g/mol. The number of carbonyl (C=O) groups is 3. The molecule has 5 nitrogen and oxygen atoms in total. The third-order valence-electron chi connectivity index (χ3n) is 2.46. The summed E-state index contributed by atoms with van der Waals surface area (Å²) in [6.45, 7) is 1.79. The van der Waals surface area contributed by atoms with Gasteiger partial charge in [-0.1, -0.05) is 18.2 Å². The highest BCUT2D eigenvalue weighted by Crippen LogP contribution is 2.33. The Hall–Kier alpha value is -1.82. The van der Waals surface area contributed by atoms with Gasteiger partial charge in [0.1, 0.15) is 0 Å². The van der Waals surface area contributed by atoms with Crippen molar-refractivity contribution in [3.63, 3.8) is 0 Å². The molecule has 0 saturated carbocycles. The largest absolute Gasteiger partial charge is 0.368 e. The highest BCUT2D eigenvalue weighted by atomic mass is 32.2. The molecule has 0 aromatic heterocycles. The van der Waals surface area contributed by atoms with E-state index >= 15 is 0 Å². The van der Waals surface area contributed by atoms with E-state index in [4.69, 9.17) is 5.73 Å². The molecule has 1 atom stereocenters. The predicted octanol–water partition coefficient (Wildman–Crippen LogP) is 1.05. The standard InChI is InChI=1S/C11H10N2O3S/c1-6-4-2-3-5-7(6)13-10(15)8(9(12)14)17-11(13)16/h2-5,8H,1H3,(H2,12,14). The lowest BCUT2D eigenvalue weighted by molar-refractivity contribution is -0.124. The number of hydrogen-bond donors (Lipinski definition) is 1. The number of aryl methyl sites for hydroxylation is 1. The number of carbonyl (C=O) groups excluding carboxylic acids is 3. The van der Waals surface area contributed by atoms with E-state index in [9.17, 15) is 14.4 Å². The quantitative estimate of drug-likeness (QED) is 0.795. The first-order valence-electron chi connectivity index (χ1n) is 4.92. The van der Waals surface area contributed by atoms with E-state index in [2.05, 4.69) is 0 Å². The summed E-state index contributed by atoms with van der Waals surface area (Å²) in [6, 6.07) is 6.99. The van der Waals surface area contributed by atoms with Crippen LogP contribution in [0.5, 0.6) is 0 Å². The first-order chi connectivity index (χ1) is 8.02. The molecule has 2 rings (SSSR count). The molecule has 1 aliphatic rings. The summed E-state index contributed by atoms with van der Waals surface area (Å²) >= 11 is 0.656. The average molecular weight is 250 g/mol. The van der Waals surface area contributed by atoms with Crippen LogP contribution in [0.3, 0.4) is 0 Å². The van der Waals surface area contributed by atoms with Crippen LogP contribution < -0.4 is 10.6 Å². The van der Waals surface area contributed by atoms with Crippen LogP contribution in [0.25, 0.3) is 0 Å². The fourth-order valence-corrected chi connectivity index (χ4v) is 2.44. The van der Waals surface area contributed by atoms with E-state index in [0.29, 0.717) is 17.4 Å². The van der Waals surface area contributed by atoms with Crippen LogP contribution >= 0.6 is 11.8 Å². The molecule has 1 aliphatic heterocycles. The van der Waals surface area contributed by atoms with E-state index in [1.807, 2.05) is 6.07 Å². The van der Waals surface area contributed by atoms with Crippen molar-refractivity contribution in [1.29, 1.82) is 0 Å². The maximum Gasteiger partial charge on any atom is 0.294 e. The molecule has 0 aliphatic carbocycles. The first kappa shape index (κ1) is 11.7. The van der Waals surface area contributed by atoms with Crippen molar-refractivity contribution in [2.45, 2.75) is 12.2 Å². The van der Waals surface area contributed by atoms with E-state index < -0.39 is 22.3 Å². The summed E-state index contributed by atoms with van der Waals surface area (Å²) in [7, 11) is 0. The minimum atomic E-state index is -1.11. The van der Waals surface area contributed by atoms with Gasteiger partial charge in [-0.25, -0.2) is 4.90 Å². The molecule has 0 radical (unpaired) electrons. The Morgan fingerprint density at radius 3 is 2.53 bits per heavy atom. The summed E-state index contributed by atoms with van der Waals surface area (Å²) in [5.74, 6) is -1.36. The Morgan fingerprint density at radius 1 is 1.35 bits per heavy atom. The lowest BCUT2D eigenvalue weighted by Gasteiger charge is -2.15. The topological polar surface area (TPSA) is 80.5 Å². The highest BCUT2D eigenvalue weighted by Gasteiger charge is 2.44. The van der Waals surface area contributed by atoms with Crippen molar-refractivity contribution in [2.75, 3.05) is 4.90 Å². The Labute approximate surface area is 102 Å². The van der Waals surface area contributed by atoms with Crippen molar-refractivity contribution in [3.05, 3.63) is 29.8 Å². The van der Waals surface area contributed by atoms with Crippen molar-refractivity contribution in [3.8, 4) is 0 Å². The Kier molecular flexibility index (Phi) is 2.89. The molecule has 0 spiro atoms. The van der Waals surface area contributed by atoms with E-state index in [1.165, 1.54) is 0 Å². The third kappa shape index (κ3) is 1.91. The second-order valence-corrected chi connectivity index (χ2v) is 4.68. The molecule has 1 saturated heterocycles. The molecular weight excluding hydrogens is 240 g/mol. The molecule has 1 aromatic carbocycles. The normalized spacial score (nSPS) is 19.8. The Bertz CT molecular complexity index is 515. The number of nitrogens with zero attached hydrogens (tertiary/aromatic N) is 1. The van der Waals surface area contributed by atoms with Crippen LogP contribution in [0.2, 0.25) is 0 Å². The zero-order valence-corrected chi connectivity index (χ0v) is 9.86. The van der Waals surface area contributed by atoms with E-state index in [1.54, 1.807) is 25.1 Å². The van der Waals surface area contributed by atoms with Gasteiger partial charge in [0.25, 0.3) is 11.1 Å². The van der Waals surface area contributed by atoms with E-state index in [-0.39, 0.29) is 0 Å². The van der Waals surface area contributed by atoms with Gasteiger partial charge in [0.2, 0.25) is 5.91 Å². The molecule has 1 unspecified atom stereocenters. The van der Waals surface area contributed by atoms with Crippen LogP contribution in [-0.2, 0) is 9.59 Å². The predicted molar refractivity (Wildman–Crippen MR) is 64.6 cm³/mol. The molecule has 1 heterocycles. The summed E-state index contributed by atoms with van der Waals surface area (Å²) in [6.07, 6.45) is 0. The second kappa shape index (κ2) is 4.21. The number of nitrogens with two attached hydrogens (primary N) is 1. The lowest BCUT2D eigenvalue weighted by Crippen LogP contribution is -2.37. The van der Waals surface area contributed by atoms with Gasteiger partial charge in [-0.3, -0.25) is 14.4 Å². The van der Waals surface area contributed by atoms with Gasteiger partial charge in [-0.05, 0) is 30.3 Å². The number of anilines is 1. The molecule has 88 valence electrons. The van der Waals surface area contributed by atoms with Gasteiger partial charge in [0.15, 0.2) is 5.25 Å². The van der Waals surface area contributed by atoms with Crippen molar-refractivity contribution in [1.82, 2.24) is 0 Å². The molecular formula is C11H10N2O3S. The molecule has 2 N–H and O–H groups in total. The Balaban J connectivity index is 2.41. The van der Waals surface area contributed by atoms with E-state index in [0.717, 1.165) is 10.5 Å². The number of benzene rings is 1. The van der Waals surface area contributed by atoms with Gasteiger partial charge < -0.3 is 5.73 Å². The number of amides is 3. The van der Waals surface area contributed by atoms with Gasteiger partial charge in [0, 0.05) is 0 Å². The minimum Gasteiger partial charge on any atom is -0.368 e. The molecule has 1 aromatic rings. The number of para-hydroxylation sites is 1. The van der Waals surface area contributed by atoms with Gasteiger partial charge in [-0.2, -0.15) is 0 Å². The summed E-state index contributed by atoms with van der Waals surface area (Å²) in [5, 5.41) is -1.57. The van der Waals surface area contributed by atoms with Crippen molar-refractivity contribution in [2.24, 2.45) is 5.73 Å². The van der Waals surface area contributed by atoms with Gasteiger partial charge >= 0.3 is 0 Å². The maximum atomic E-state index is 11.9. The zero-order valence-electron chi connectivity index (χ0n) is 9.04. The Morgan fingerprint density at radius 2 is 2.00 bits per heavy atom. The first-order valence-corrected chi connectivity index (χ1v) is 5.80. The van der Waals surface area contributed by atoms with Crippen LogP contribution in [0, 0.1) is 6.92 Å². The van der Waals surface area contributed by atoms with Crippen molar-refractivity contribution >= 4 is 34.5 Å². The van der Waals surface area contributed by atoms with Gasteiger partial charge in [0.05, 0.1) is 5.69 Å². The number of thioether (sulfide) groups is 1. The third-order valence-corrected chi connectivity index (χ3v) is 3.51. The van der Waals surface area contributed by atoms with Crippen LogP contribution in [0.1, 0.15) is 5.56 Å². The zero-order chi connectivity index (χ0) is 12.6.